The first kappa shape index (κ1) is 16.7. The van der Waals surface area contributed by atoms with Crippen molar-refractivity contribution in [2.24, 2.45) is 0 Å². The van der Waals surface area contributed by atoms with Gasteiger partial charge in [0.15, 0.2) is 11.5 Å². The number of nitrogens with zero attached hydrogens (tertiary/aromatic N) is 1. The highest BCUT2D eigenvalue weighted by Gasteiger charge is 2.32. The van der Waals surface area contributed by atoms with E-state index in [4.69, 9.17) is 19.9 Å². The number of nitrogens with two attached hydrogens (primary N) is 1. The summed E-state index contributed by atoms with van der Waals surface area (Å²) >= 11 is 0. The molecule has 132 valence electrons. The maximum atomic E-state index is 12.2. The number of piperidine rings is 1. The monoisotopic (exact) mass is 334 g/mol. The minimum atomic E-state index is -0.465. The van der Waals surface area contributed by atoms with E-state index in [1.165, 1.54) is 5.56 Å². The molecule has 0 aromatic heterocycles. The van der Waals surface area contributed by atoms with Crippen molar-refractivity contribution in [3.63, 3.8) is 0 Å². The van der Waals surface area contributed by atoms with E-state index in [-0.39, 0.29) is 12.9 Å². The maximum Gasteiger partial charge on any atom is 0.410 e. The molecule has 24 heavy (non-hydrogen) atoms. The molecule has 0 saturated carbocycles. The average Bonchev–Trinajstić information content (AvgIpc) is 2.95. The van der Waals surface area contributed by atoms with Crippen LogP contribution in [0, 0.1) is 6.92 Å². The number of likely N-dealkylation sites (tertiary alicyclic amines) is 1. The summed E-state index contributed by atoms with van der Waals surface area (Å²) in [7, 11) is 0. The number of rotatable bonds is 1. The quantitative estimate of drug-likeness (QED) is 0.797. The lowest BCUT2D eigenvalue weighted by Crippen LogP contribution is -2.41. The zero-order chi connectivity index (χ0) is 17.5. The zero-order valence-corrected chi connectivity index (χ0v) is 14.8. The van der Waals surface area contributed by atoms with E-state index in [1.807, 2.05) is 33.8 Å². The zero-order valence-electron chi connectivity index (χ0n) is 14.8. The molecule has 1 aromatic carbocycles. The number of carbonyl (C=O) groups is 1. The molecule has 2 aliphatic heterocycles. The molecule has 1 amide bonds. The summed E-state index contributed by atoms with van der Waals surface area (Å²) in [4.78, 5) is 14.0. The molecule has 1 fully saturated rings. The fourth-order valence-corrected chi connectivity index (χ4v) is 3.43. The van der Waals surface area contributed by atoms with Gasteiger partial charge in [0.2, 0.25) is 6.79 Å². The normalized spacial score (nSPS) is 17.9. The van der Waals surface area contributed by atoms with Crippen LogP contribution in [0.1, 0.15) is 50.7 Å². The van der Waals surface area contributed by atoms with Crippen molar-refractivity contribution in [3.8, 4) is 11.5 Å². The van der Waals surface area contributed by atoms with Crippen molar-refractivity contribution in [1.29, 1.82) is 0 Å². The van der Waals surface area contributed by atoms with Gasteiger partial charge in [-0.3, -0.25) is 0 Å². The van der Waals surface area contributed by atoms with Gasteiger partial charge in [0.25, 0.3) is 0 Å². The Morgan fingerprint density at radius 1 is 1.25 bits per heavy atom. The number of amides is 1. The first-order valence-electron chi connectivity index (χ1n) is 8.43. The van der Waals surface area contributed by atoms with E-state index in [1.54, 1.807) is 4.90 Å². The van der Waals surface area contributed by atoms with E-state index >= 15 is 0 Å². The van der Waals surface area contributed by atoms with E-state index in [0.29, 0.717) is 30.4 Å². The molecule has 0 bridgehead atoms. The van der Waals surface area contributed by atoms with E-state index in [2.05, 4.69) is 0 Å². The maximum absolute atomic E-state index is 12.2. The lowest BCUT2D eigenvalue weighted by atomic mass is 9.85. The smallest absolute Gasteiger partial charge is 0.410 e. The molecule has 2 heterocycles. The molecular weight excluding hydrogens is 308 g/mol. The van der Waals surface area contributed by atoms with Crippen molar-refractivity contribution in [1.82, 2.24) is 4.90 Å². The van der Waals surface area contributed by atoms with Crippen LogP contribution in [-0.4, -0.2) is 36.5 Å². The first-order chi connectivity index (χ1) is 11.3. The number of anilines is 1. The summed E-state index contributed by atoms with van der Waals surface area (Å²) in [6.07, 6.45) is 1.51. The molecule has 6 heteroatoms. The number of ether oxygens (including phenoxy) is 3. The van der Waals surface area contributed by atoms with Crippen molar-refractivity contribution in [3.05, 3.63) is 17.2 Å². The molecule has 0 atom stereocenters. The summed E-state index contributed by atoms with van der Waals surface area (Å²) in [6, 6.07) is 1.95. The van der Waals surface area contributed by atoms with Crippen molar-refractivity contribution in [2.75, 3.05) is 25.6 Å². The number of nitrogen functional groups attached to an aromatic ring is 1. The van der Waals surface area contributed by atoms with Crippen LogP contribution in [0.4, 0.5) is 10.5 Å². The molecule has 0 aliphatic carbocycles. The molecule has 2 N–H and O–H groups in total. The highest BCUT2D eigenvalue weighted by atomic mass is 16.7. The molecule has 1 saturated heterocycles. The van der Waals surface area contributed by atoms with Crippen LogP contribution in [0.2, 0.25) is 0 Å². The number of fused-ring (bicyclic) bond motifs is 1. The minimum Gasteiger partial charge on any atom is -0.453 e. The fraction of sp³-hybridized carbons (Fsp3) is 0.611. The number of hydrogen-bond acceptors (Lipinski definition) is 5. The number of hydrogen-bond donors (Lipinski definition) is 1. The Balaban J connectivity index is 1.72. The summed E-state index contributed by atoms with van der Waals surface area (Å²) in [5, 5.41) is 0. The van der Waals surface area contributed by atoms with Crippen LogP contribution in [0.5, 0.6) is 11.5 Å². The van der Waals surface area contributed by atoms with Gasteiger partial charge < -0.3 is 24.8 Å². The van der Waals surface area contributed by atoms with Crippen LogP contribution >= 0.6 is 0 Å². The third kappa shape index (κ3) is 3.23. The first-order valence-corrected chi connectivity index (χ1v) is 8.43. The van der Waals surface area contributed by atoms with Crippen LogP contribution in [-0.2, 0) is 4.74 Å². The molecular formula is C18H26N2O4. The number of aryl methyl sites for hydroxylation is 1. The number of benzene rings is 1. The van der Waals surface area contributed by atoms with Gasteiger partial charge in [-0.2, -0.15) is 0 Å². The van der Waals surface area contributed by atoms with Crippen LogP contribution in [0.3, 0.4) is 0 Å². The van der Waals surface area contributed by atoms with Gasteiger partial charge in [0, 0.05) is 18.7 Å². The van der Waals surface area contributed by atoms with Crippen LogP contribution < -0.4 is 15.2 Å². The largest absolute Gasteiger partial charge is 0.453 e. The van der Waals surface area contributed by atoms with Gasteiger partial charge >= 0.3 is 6.09 Å². The van der Waals surface area contributed by atoms with E-state index < -0.39 is 5.60 Å². The fourth-order valence-electron chi connectivity index (χ4n) is 3.43. The third-order valence-electron chi connectivity index (χ3n) is 4.47. The van der Waals surface area contributed by atoms with Crippen LogP contribution in [0.25, 0.3) is 0 Å². The Bertz CT molecular complexity index is 643. The summed E-state index contributed by atoms with van der Waals surface area (Å²) in [6.45, 7) is 9.28. The molecule has 0 radical (unpaired) electrons. The Morgan fingerprint density at radius 2 is 1.88 bits per heavy atom. The Morgan fingerprint density at radius 3 is 2.50 bits per heavy atom. The topological polar surface area (TPSA) is 74.0 Å². The summed E-state index contributed by atoms with van der Waals surface area (Å²) in [5.74, 6) is 1.77. The Kier molecular flexibility index (Phi) is 4.24. The Labute approximate surface area is 142 Å². The minimum absolute atomic E-state index is 0.215. The molecule has 0 unspecified atom stereocenters. The second-order valence-corrected chi connectivity index (χ2v) is 7.50. The molecule has 0 spiro atoms. The standard InChI is InChI=1S/C18H26N2O4/c1-11-9-13(19)15-16(23-10-22-15)14(11)12-5-7-20(8-6-12)17(21)24-18(2,3)4/h9,12H,5-8,10,19H2,1-4H3. The second-order valence-electron chi connectivity index (χ2n) is 7.50. The van der Waals surface area contributed by atoms with Gasteiger partial charge in [0.05, 0.1) is 5.69 Å². The van der Waals surface area contributed by atoms with Crippen molar-refractivity contribution >= 4 is 11.8 Å². The third-order valence-corrected chi connectivity index (χ3v) is 4.47. The Hall–Kier alpha value is -2.11. The van der Waals surface area contributed by atoms with Crippen molar-refractivity contribution < 1.29 is 19.0 Å². The second kappa shape index (κ2) is 6.07. The van der Waals surface area contributed by atoms with E-state index in [0.717, 1.165) is 24.2 Å². The van der Waals surface area contributed by atoms with Crippen molar-refractivity contribution in [2.45, 2.75) is 52.1 Å². The highest BCUT2D eigenvalue weighted by Crippen LogP contribution is 2.47. The van der Waals surface area contributed by atoms with Gasteiger partial charge in [0.1, 0.15) is 5.60 Å². The lowest BCUT2D eigenvalue weighted by molar-refractivity contribution is 0.0204. The average molecular weight is 334 g/mol. The van der Waals surface area contributed by atoms with Crippen LogP contribution in [0.15, 0.2) is 6.07 Å². The van der Waals surface area contributed by atoms with Gasteiger partial charge in [-0.1, -0.05) is 0 Å². The molecule has 6 nitrogen and oxygen atoms in total. The lowest BCUT2D eigenvalue weighted by Gasteiger charge is -2.34. The molecule has 2 aliphatic rings. The van der Waals surface area contributed by atoms with Gasteiger partial charge in [-0.25, -0.2) is 4.79 Å². The predicted molar refractivity (Wildman–Crippen MR) is 91.5 cm³/mol. The molecule has 1 aromatic rings. The predicted octanol–water partition coefficient (Wildman–Crippen LogP) is 3.42. The van der Waals surface area contributed by atoms with Gasteiger partial charge in [-0.05, 0) is 58.1 Å². The summed E-state index contributed by atoms with van der Waals surface area (Å²) < 4.78 is 16.6. The number of carbonyl (C=O) groups excluding carboxylic acids is 1. The summed E-state index contributed by atoms with van der Waals surface area (Å²) in [5.41, 5.74) is 8.46. The SMILES string of the molecule is Cc1cc(N)c2c(c1C1CCN(C(=O)OC(C)(C)C)CC1)OCO2. The van der Waals surface area contributed by atoms with Gasteiger partial charge in [-0.15, -0.1) is 0 Å². The van der Waals surface area contributed by atoms with E-state index in [9.17, 15) is 4.79 Å². The molecule has 3 rings (SSSR count). The highest BCUT2D eigenvalue weighted by molar-refractivity contribution is 5.69.